The van der Waals surface area contributed by atoms with Gasteiger partial charge in [-0.2, -0.15) is 0 Å². The van der Waals surface area contributed by atoms with Crippen LogP contribution in [0.3, 0.4) is 0 Å². The lowest BCUT2D eigenvalue weighted by atomic mass is 10.1. The van der Waals surface area contributed by atoms with E-state index in [2.05, 4.69) is 23.5 Å². The summed E-state index contributed by atoms with van der Waals surface area (Å²) in [5.74, 6) is -0.0483. The molecular weight excluding hydrogens is 312 g/mol. The van der Waals surface area contributed by atoms with E-state index in [0.29, 0.717) is 12.2 Å². The van der Waals surface area contributed by atoms with Gasteiger partial charge in [0, 0.05) is 25.5 Å². The van der Waals surface area contributed by atoms with Gasteiger partial charge in [-0.25, -0.2) is 8.42 Å². The molecular formula is C17H22N2O3S. The van der Waals surface area contributed by atoms with Crippen LogP contribution in [0.25, 0.3) is 0 Å². The Morgan fingerprint density at radius 1 is 1.17 bits per heavy atom. The number of nitrogens with one attached hydrogen (secondary N) is 1. The molecule has 1 aromatic carbocycles. The molecule has 0 fully saturated rings. The Bertz CT molecular complexity index is 854. The molecule has 2 rings (SSSR count). The first-order valence-electron chi connectivity index (χ1n) is 7.43. The molecule has 0 bridgehead atoms. The molecule has 5 nitrogen and oxygen atoms in total. The third-order valence-electron chi connectivity index (χ3n) is 3.70. The quantitative estimate of drug-likeness (QED) is 0.879. The Balaban J connectivity index is 2.15. The minimum Gasteiger partial charge on any atom is -0.376 e. The maximum Gasteiger partial charge on any atom is 0.273 e. The number of hydrogen-bond donors (Lipinski definition) is 1. The Kier molecular flexibility index (Phi) is 5.26. The molecule has 23 heavy (non-hydrogen) atoms. The van der Waals surface area contributed by atoms with Crippen LogP contribution in [0.2, 0.25) is 0 Å². The number of benzene rings is 1. The van der Waals surface area contributed by atoms with Crippen molar-refractivity contribution >= 4 is 15.5 Å². The Hall–Kier alpha value is -2.08. The van der Waals surface area contributed by atoms with Gasteiger partial charge in [0.25, 0.3) is 5.56 Å². The molecule has 0 amide bonds. The molecule has 0 spiro atoms. The molecule has 0 aliphatic heterocycles. The number of nitrogens with zero attached hydrogens (tertiary/aromatic N) is 1. The SMILES string of the molecule is Cc1ccc(C)c(CNc2cccn(CCS(C)(=O)=O)c2=O)c1. The van der Waals surface area contributed by atoms with Crippen molar-refractivity contribution in [2.45, 2.75) is 26.9 Å². The summed E-state index contributed by atoms with van der Waals surface area (Å²) < 4.78 is 23.9. The minimum atomic E-state index is -3.10. The lowest BCUT2D eigenvalue weighted by Crippen LogP contribution is -2.25. The van der Waals surface area contributed by atoms with Gasteiger partial charge in [-0.1, -0.05) is 23.8 Å². The lowest BCUT2D eigenvalue weighted by Gasteiger charge is -2.11. The third kappa shape index (κ3) is 4.96. The number of aryl methyl sites for hydroxylation is 3. The van der Waals surface area contributed by atoms with E-state index in [0.717, 1.165) is 11.1 Å². The van der Waals surface area contributed by atoms with Gasteiger partial charge in [0.05, 0.1) is 5.75 Å². The summed E-state index contributed by atoms with van der Waals surface area (Å²) in [6, 6.07) is 9.66. The van der Waals surface area contributed by atoms with Crippen molar-refractivity contribution in [3.8, 4) is 0 Å². The molecule has 1 aromatic heterocycles. The van der Waals surface area contributed by atoms with E-state index in [4.69, 9.17) is 0 Å². The molecule has 2 aromatic rings. The van der Waals surface area contributed by atoms with Gasteiger partial charge in [-0.15, -0.1) is 0 Å². The zero-order valence-corrected chi connectivity index (χ0v) is 14.5. The standard InChI is InChI=1S/C17H22N2O3S/c1-13-6-7-14(2)15(11-13)12-18-16-5-4-8-19(17(16)20)9-10-23(3,21)22/h4-8,11,18H,9-10,12H2,1-3H3. The molecule has 0 saturated carbocycles. The summed E-state index contributed by atoms with van der Waals surface area (Å²) in [6.45, 7) is 4.78. The van der Waals surface area contributed by atoms with E-state index >= 15 is 0 Å². The predicted octanol–water partition coefficient (Wildman–Crippen LogP) is 2.12. The highest BCUT2D eigenvalue weighted by atomic mass is 32.2. The largest absolute Gasteiger partial charge is 0.376 e. The van der Waals surface area contributed by atoms with Crippen LogP contribution in [0.15, 0.2) is 41.3 Å². The van der Waals surface area contributed by atoms with E-state index in [1.165, 1.54) is 16.4 Å². The Labute approximate surface area is 136 Å². The summed E-state index contributed by atoms with van der Waals surface area (Å²) in [5, 5.41) is 3.15. The molecule has 0 atom stereocenters. The van der Waals surface area contributed by atoms with Gasteiger partial charge in [-0.3, -0.25) is 4.79 Å². The van der Waals surface area contributed by atoms with Crippen molar-refractivity contribution in [1.82, 2.24) is 4.57 Å². The first kappa shape index (κ1) is 17.3. The molecule has 124 valence electrons. The summed E-state index contributed by atoms with van der Waals surface area (Å²) in [6.07, 6.45) is 2.78. The van der Waals surface area contributed by atoms with E-state index in [9.17, 15) is 13.2 Å². The number of rotatable bonds is 6. The minimum absolute atomic E-state index is 0.0483. The van der Waals surface area contributed by atoms with E-state index in [1.54, 1.807) is 18.3 Å². The molecule has 0 aliphatic rings. The van der Waals surface area contributed by atoms with Crippen molar-refractivity contribution in [1.29, 1.82) is 0 Å². The maximum atomic E-state index is 12.4. The molecule has 6 heteroatoms. The average molecular weight is 334 g/mol. The van der Waals surface area contributed by atoms with Gasteiger partial charge in [-0.05, 0) is 37.1 Å². The zero-order valence-electron chi connectivity index (χ0n) is 13.7. The highest BCUT2D eigenvalue weighted by Crippen LogP contribution is 2.12. The van der Waals surface area contributed by atoms with Gasteiger partial charge in [0.1, 0.15) is 15.5 Å². The van der Waals surface area contributed by atoms with Gasteiger partial charge < -0.3 is 9.88 Å². The van der Waals surface area contributed by atoms with Crippen molar-refractivity contribution in [3.05, 3.63) is 63.6 Å². The second-order valence-corrected chi connectivity index (χ2v) is 8.09. The van der Waals surface area contributed by atoms with Crippen LogP contribution in [0.5, 0.6) is 0 Å². The van der Waals surface area contributed by atoms with E-state index < -0.39 is 9.84 Å². The second kappa shape index (κ2) is 7.00. The van der Waals surface area contributed by atoms with Crippen molar-refractivity contribution < 1.29 is 8.42 Å². The van der Waals surface area contributed by atoms with Gasteiger partial charge in [0.15, 0.2) is 0 Å². The topological polar surface area (TPSA) is 68.2 Å². The molecule has 0 saturated heterocycles. The molecule has 1 heterocycles. The Morgan fingerprint density at radius 3 is 2.61 bits per heavy atom. The smallest absolute Gasteiger partial charge is 0.273 e. The molecule has 0 unspecified atom stereocenters. The fraction of sp³-hybridized carbons (Fsp3) is 0.353. The van der Waals surface area contributed by atoms with Crippen LogP contribution in [-0.4, -0.2) is 25.0 Å². The maximum absolute atomic E-state index is 12.4. The number of pyridine rings is 1. The van der Waals surface area contributed by atoms with Crippen molar-refractivity contribution in [2.24, 2.45) is 0 Å². The van der Waals surface area contributed by atoms with Gasteiger partial charge in [0.2, 0.25) is 0 Å². The Morgan fingerprint density at radius 2 is 1.91 bits per heavy atom. The fourth-order valence-corrected chi connectivity index (χ4v) is 2.82. The average Bonchev–Trinajstić information content (AvgIpc) is 2.47. The first-order valence-corrected chi connectivity index (χ1v) is 9.49. The lowest BCUT2D eigenvalue weighted by molar-refractivity contribution is 0.593. The third-order valence-corrected chi connectivity index (χ3v) is 4.62. The molecule has 0 aliphatic carbocycles. The van der Waals surface area contributed by atoms with E-state index in [-0.39, 0.29) is 17.9 Å². The highest BCUT2D eigenvalue weighted by Gasteiger charge is 2.07. The summed E-state index contributed by atoms with van der Waals surface area (Å²) >= 11 is 0. The number of sulfone groups is 1. The predicted molar refractivity (Wildman–Crippen MR) is 93.7 cm³/mol. The van der Waals surface area contributed by atoms with Crippen LogP contribution in [0.4, 0.5) is 5.69 Å². The van der Waals surface area contributed by atoms with Crippen molar-refractivity contribution in [2.75, 3.05) is 17.3 Å². The van der Waals surface area contributed by atoms with Gasteiger partial charge >= 0.3 is 0 Å². The van der Waals surface area contributed by atoms with Crippen LogP contribution >= 0.6 is 0 Å². The van der Waals surface area contributed by atoms with Crippen LogP contribution in [0, 0.1) is 13.8 Å². The number of aromatic nitrogens is 1. The van der Waals surface area contributed by atoms with E-state index in [1.807, 2.05) is 13.8 Å². The van der Waals surface area contributed by atoms with Crippen LogP contribution in [0.1, 0.15) is 16.7 Å². The summed E-state index contributed by atoms with van der Waals surface area (Å²) in [5.41, 5.74) is 3.74. The fourth-order valence-electron chi connectivity index (χ4n) is 2.29. The van der Waals surface area contributed by atoms with Crippen LogP contribution in [-0.2, 0) is 22.9 Å². The molecule has 1 N–H and O–H groups in total. The normalized spacial score (nSPS) is 11.4. The number of anilines is 1. The summed E-state index contributed by atoms with van der Waals surface area (Å²) in [4.78, 5) is 12.4. The molecule has 0 radical (unpaired) electrons. The summed E-state index contributed by atoms with van der Waals surface area (Å²) in [7, 11) is -3.10. The second-order valence-electron chi connectivity index (χ2n) is 5.83. The zero-order chi connectivity index (χ0) is 17.0. The van der Waals surface area contributed by atoms with Crippen LogP contribution < -0.4 is 10.9 Å². The highest BCUT2D eigenvalue weighted by molar-refractivity contribution is 7.90. The number of hydrogen-bond acceptors (Lipinski definition) is 4. The monoisotopic (exact) mass is 334 g/mol. The first-order chi connectivity index (χ1) is 10.8. The van der Waals surface area contributed by atoms with Crippen molar-refractivity contribution in [3.63, 3.8) is 0 Å².